The summed E-state index contributed by atoms with van der Waals surface area (Å²) in [7, 11) is 0. The van der Waals surface area contributed by atoms with Crippen LogP contribution in [0.5, 0.6) is 0 Å². The second kappa shape index (κ2) is 7.60. The van der Waals surface area contributed by atoms with Gasteiger partial charge in [0.2, 0.25) is 5.95 Å². The van der Waals surface area contributed by atoms with Gasteiger partial charge in [-0.2, -0.15) is 0 Å². The molecule has 0 atom stereocenters. The minimum absolute atomic E-state index is 0.231. The van der Waals surface area contributed by atoms with Crippen LogP contribution in [-0.4, -0.2) is 28.2 Å². The molecule has 3 aromatic rings. The average Bonchev–Trinajstić information content (AvgIpc) is 3.52. The molecule has 1 saturated carbocycles. The van der Waals surface area contributed by atoms with E-state index in [9.17, 15) is 0 Å². The van der Waals surface area contributed by atoms with Crippen molar-refractivity contribution in [3.05, 3.63) is 63.6 Å². The van der Waals surface area contributed by atoms with Gasteiger partial charge < -0.3 is 9.42 Å². The van der Waals surface area contributed by atoms with E-state index in [1.807, 2.05) is 37.4 Å². The van der Waals surface area contributed by atoms with Gasteiger partial charge in [-0.1, -0.05) is 40.5 Å². The number of hydrogen-bond acceptors (Lipinski definition) is 5. The molecule has 3 heterocycles. The summed E-state index contributed by atoms with van der Waals surface area (Å²) in [5.74, 6) is 2.31. The highest BCUT2D eigenvalue weighted by atomic mass is 35.5. The molecule has 6 rings (SSSR count). The molecule has 2 fully saturated rings. The van der Waals surface area contributed by atoms with Gasteiger partial charge in [-0.15, -0.1) is 0 Å². The van der Waals surface area contributed by atoms with Gasteiger partial charge in [-0.3, -0.25) is 0 Å². The molecule has 164 valence electrons. The van der Waals surface area contributed by atoms with Crippen molar-refractivity contribution < 1.29 is 4.52 Å². The van der Waals surface area contributed by atoms with E-state index >= 15 is 0 Å². The highest BCUT2D eigenvalue weighted by Crippen LogP contribution is 2.56. The standard InChI is InChI=1S/C25H24Cl2N4O/c1-15-7-10-28-24(29-15)31-11-8-25(9-12-31)13-17(14-25)20-22(30-32-23(20)16-5-6-16)21-18(26)3-2-4-19(21)27/h2-4,7,10,13,16H,5-6,8-9,11-12,14H2,1H3. The summed E-state index contributed by atoms with van der Waals surface area (Å²) in [5.41, 5.74) is 5.24. The van der Waals surface area contributed by atoms with E-state index in [0.29, 0.717) is 16.0 Å². The number of aromatic nitrogens is 3. The number of rotatable bonds is 4. The molecule has 3 aliphatic rings. The number of piperidine rings is 1. The van der Waals surface area contributed by atoms with Gasteiger partial charge in [0, 0.05) is 42.0 Å². The first kappa shape index (κ1) is 20.3. The smallest absolute Gasteiger partial charge is 0.225 e. The second-order valence-corrected chi connectivity index (χ2v) is 10.1. The molecule has 0 unspecified atom stereocenters. The normalized spacial score (nSPS) is 19.7. The molecule has 0 amide bonds. The van der Waals surface area contributed by atoms with Crippen molar-refractivity contribution >= 4 is 34.7 Å². The van der Waals surface area contributed by atoms with Crippen LogP contribution in [0.25, 0.3) is 16.8 Å². The van der Waals surface area contributed by atoms with E-state index in [1.165, 1.54) is 5.57 Å². The lowest BCUT2D eigenvalue weighted by Crippen LogP contribution is -2.43. The Morgan fingerprint density at radius 1 is 1.06 bits per heavy atom. The zero-order chi connectivity index (χ0) is 21.9. The molecule has 2 aromatic heterocycles. The largest absolute Gasteiger partial charge is 0.360 e. The summed E-state index contributed by atoms with van der Waals surface area (Å²) >= 11 is 13.1. The molecular formula is C25H24Cl2N4O. The molecule has 32 heavy (non-hydrogen) atoms. The third-order valence-electron chi connectivity index (χ3n) is 7.03. The maximum Gasteiger partial charge on any atom is 0.225 e. The van der Waals surface area contributed by atoms with Gasteiger partial charge in [-0.25, -0.2) is 9.97 Å². The van der Waals surface area contributed by atoms with Crippen molar-refractivity contribution in [2.45, 2.75) is 44.9 Å². The van der Waals surface area contributed by atoms with E-state index in [2.05, 4.69) is 26.1 Å². The Morgan fingerprint density at radius 3 is 2.44 bits per heavy atom. The quantitative estimate of drug-likeness (QED) is 0.428. The van der Waals surface area contributed by atoms with Crippen LogP contribution in [0.1, 0.15) is 55.0 Å². The molecule has 0 bridgehead atoms. The summed E-state index contributed by atoms with van der Waals surface area (Å²) in [6, 6.07) is 7.52. The fourth-order valence-corrected chi connectivity index (χ4v) is 5.65. The molecule has 7 heteroatoms. The first-order valence-corrected chi connectivity index (χ1v) is 12.0. The van der Waals surface area contributed by atoms with E-state index in [-0.39, 0.29) is 5.41 Å². The van der Waals surface area contributed by atoms with Gasteiger partial charge in [0.25, 0.3) is 0 Å². The topological polar surface area (TPSA) is 55.1 Å². The molecule has 1 aliphatic heterocycles. The molecule has 5 nitrogen and oxygen atoms in total. The molecule has 0 N–H and O–H groups in total. The maximum absolute atomic E-state index is 6.53. The van der Waals surface area contributed by atoms with Crippen molar-refractivity contribution in [3.63, 3.8) is 0 Å². The monoisotopic (exact) mass is 466 g/mol. The lowest BCUT2D eigenvalue weighted by molar-refractivity contribution is 0.276. The van der Waals surface area contributed by atoms with E-state index in [1.54, 1.807) is 0 Å². The van der Waals surface area contributed by atoms with Crippen LogP contribution in [0.4, 0.5) is 5.95 Å². The summed E-state index contributed by atoms with van der Waals surface area (Å²) in [6.07, 6.45) is 9.83. The van der Waals surface area contributed by atoms with Gasteiger partial charge in [0.05, 0.1) is 10.0 Å². The Labute approximate surface area is 197 Å². The Kier molecular flexibility index (Phi) is 4.81. The second-order valence-electron chi connectivity index (χ2n) is 9.34. The van der Waals surface area contributed by atoms with Crippen LogP contribution in [0.2, 0.25) is 10.0 Å². The number of hydrogen-bond donors (Lipinski definition) is 0. The molecule has 1 saturated heterocycles. The van der Waals surface area contributed by atoms with Crippen LogP contribution in [0, 0.1) is 12.3 Å². The lowest BCUT2D eigenvalue weighted by Gasteiger charge is -2.46. The van der Waals surface area contributed by atoms with Gasteiger partial charge in [0.15, 0.2) is 0 Å². The van der Waals surface area contributed by atoms with Crippen molar-refractivity contribution in [3.8, 4) is 11.3 Å². The van der Waals surface area contributed by atoms with E-state index in [4.69, 9.17) is 27.7 Å². The molecule has 2 aliphatic carbocycles. The highest BCUT2D eigenvalue weighted by molar-refractivity contribution is 6.39. The van der Waals surface area contributed by atoms with Crippen LogP contribution in [-0.2, 0) is 0 Å². The third-order valence-corrected chi connectivity index (χ3v) is 7.66. The number of aryl methyl sites for hydroxylation is 1. The lowest BCUT2D eigenvalue weighted by atomic mass is 9.63. The summed E-state index contributed by atoms with van der Waals surface area (Å²) < 4.78 is 5.87. The van der Waals surface area contributed by atoms with Crippen molar-refractivity contribution in [2.75, 3.05) is 18.0 Å². The number of allylic oxidation sites excluding steroid dienone is 2. The predicted molar refractivity (Wildman–Crippen MR) is 127 cm³/mol. The maximum atomic E-state index is 6.53. The molecule has 1 aromatic carbocycles. The average molecular weight is 467 g/mol. The van der Waals surface area contributed by atoms with E-state index < -0.39 is 0 Å². The number of halogens is 2. The van der Waals surface area contributed by atoms with Crippen LogP contribution in [0.3, 0.4) is 0 Å². The first-order valence-electron chi connectivity index (χ1n) is 11.2. The Bertz CT molecular complexity index is 1200. The van der Waals surface area contributed by atoms with Crippen molar-refractivity contribution in [1.82, 2.24) is 15.1 Å². The Balaban J connectivity index is 1.29. The zero-order valence-electron chi connectivity index (χ0n) is 17.9. The Morgan fingerprint density at radius 2 is 1.78 bits per heavy atom. The summed E-state index contributed by atoms with van der Waals surface area (Å²) in [4.78, 5) is 11.4. The number of anilines is 1. The van der Waals surface area contributed by atoms with Gasteiger partial charge in [-0.05, 0) is 68.2 Å². The summed E-state index contributed by atoms with van der Waals surface area (Å²) in [5, 5.41) is 5.67. The molecular weight excluding hydrogens is 443 g/mol. The van der Waals surface area contributed by atoms with Gasteiger partial charge >= 0.3 is 0 Å². The van der Waals surface area contributed by atoms with E-state index in [0.717, 1.165) is 79.4 Å². The van der Waals surface area contributed by atoms with Crippen molar-refractivity contribution in [2.24, 2.45) is 5.41 Å². The number of benzene rings is 1. The highest BCUT2D eigenvalue weighted by Gasteiger charge is 2.44. The zero-order valence-corrected chi connectivity index (χ0v) is 19.5. The molecule has 0 radical (unpaired) electrons. The molecule has 1 spiro atoms. The predicted octanol–water partition coefficient (Wildman–Crippen LogP) is 6.70. The third kappa shape index (κ3) is 3.43. The Hall–Kier alpha value is -2.37. The first-order chi connectivity index (χ1) is 15.5. The van der Waals surface area contributed by atoms with Crippen LogP contribution >= 0.6 is 23.2 Å². The fourth-order valence-electron chi connectivity index (χ4n) is 5.07. The minimum atomic E-state index is 0.231. The van der Waals surface area contributed by atoms with Crippen LogP contribution in [0.15, 0.2) is 41.1 Å². The SMILES string of the molecule is Cc1ccnc(N2CCC3(C=C(c4c(-c5c(Cl)cccc5Cl)noc4C4CC4)C3)CC2)n1. The van der Waals surface area contributed by atoms with Crippen LogP contribution < -0.4 is 4.90 Å². The van der Waals surface area contributed by atoms with Crippen molar-refractivity contribution in [1.29, 1.82) is 0 Å². The minimum Gasteiger partial charge on any atom is -0.360 e. The van der Waals surface area contributed by atoms with Gasteiger partial charge in [0.1, 0.15) is 11.5 Å². The number of nitrogens with zero attached hydrogens (tertiary/aromatic N) is 4. The summed E-state index contributed by atoms with van der Waals surface area (Å²) in [6.45, 7) is 3.95. The fraction of sp³-hybridized carbons (Fsp3) is 0.400.